The molecule has 1 aromatic carbocycles. The number of benzene rings is 1. The Bertz CT molecular complexity index is 596. The van der Waals surface area contributed by atoms with Crippen LogP contribution in [-0.2, 0) is 0 Å². The highest BCUT2D eigenvalue weighted by atomic mass is 35.5. The fourth-order valence-corrected chi connectivity index (χ4v) is 1.89. The molecule has 0 saturated heterocycles. The third kappa shape index (κ3) is 3.32. The molecule has 0 atom stereocenters. The van der Waals surface area contributed by atoms with E-state index in [-0.39, 0.29) is 6.10 Å². The van der Waals surface area contributed by atoms with E-state index < -0.39 is 0 Å². The largest absolute Gasteiger partial charge is 0.489 e. The van der Waals surface area contributed by atoms with Crippen molar-refractivity contribution in [2.45, 2.75) is 20.0 Å². The van der Waals surface area contributed by atoms with Gasteiger partial charge in [-0.15, -0.1) is 0 Å². The molecule has 0 radical (unpaired) electrons. The molecule has 0 unspecified atom stereocenters. The minimum Gasteiger partial charge on any atom is -0.489 e. The molecule has 0 saturated carbocycles. The Morgan fingerprint density at radius 1 is 1.21 bits per heavy atom. The van der Waals surface area contributed by atoms with Crippen LogP contribution in [0.4, 0.5) is 0 Å². The van der Waals surface area contributed by atoms with Gasteiger partial charge in [0.1, 0.15) is 5.75 Å². The Morgan fingerprint density at radius 3 is 2.68 bits per heavy atom. The van der Waals surface area contributed by atoms with E-state index >= 15 is 0 Å². The minimum absolute atomic E-state index is 0.0906. The van der Waals surface area contributed by atoms with Crippen molar-refractivity contribution in [2.75, 3.05) is 0 Å². The van der Waals surface area contributed by atoms with Crippen molar-refractivity contribution < 1.29 is 9.53 Å². The molecule has 0 amide bonds. The number of pyridine rings is 1. The van der Waals surface area contributed by atoms with Gasteiger partial charge in [0.15, 0.2) is 6.29 Å². The zero-order valence-electron chi connectivity index (χ0n) is 10.8. The molecular weight excluding hydrogens is 262 g/mol. The number of rotatable bonds is 4. The lowest BCUT2D eigenvalue weighted by molar-refractivity contribution is 0.112. The van der Waals surface area contributed by atoms with Gasteiger partial charge in [-0.2, -0.15) is 0 Å². The predicted molar refractivity (Wildman–Crippen MR) is 75.8 cm³/mol. The Balaban J connectivity index is 2.38. The van der Waals surface area contributed by atoms with E-state index in [2.05, 4.69) is 4.98 Å². The maximum Gasteiger partial charge on any atom is 0.151 e. The molecule has 19 heavy (non-hydrogen) atoms. The molecule has 4 heteroatoms. The highest BCUT2D eigenvalue weighted by Gasteiger charge is 2.06. The number of halogens is 1. The van der Waals surface area contributed by atoms with Gasteiger partial charge in [-0.25, -0.2) is 0 Å². The Hall–Kier alpha value is -1.87. The van der Waals surface area contributed by atoms with Crippen LogP contribution < -0.4 is 4.74 Å². The summed E-state index contributed by atoms with van der Waals surface area (Å²) < 4.78 is 5.60. The summed E-state index contributed by atoms with van der Waals surface area (Å²) >= 11 is 5.91. The minimum atomic E-state index is 0.0906. The van der Waals surface area contributed by atoms with Gasteiger partial charge in [0.2, 0.25) is 0 Å². The summed E-state index contributed by atoms with van der Waals surface area (Å²) in [6.07, 6.45) is 4.23. The van der Waals surface area contributed by atoms with Crippen molar-refractivity contribution >= 4 is 17.9 Å². The molecule has 2 aromatic rings. The van der Waals surface area contributed by atoms with Crippen LogP contribution in [0.3, 0.4) is 0 Å². The van der Waals surface area contributed by atoms with E-state index in [1.54, 1.807) is 24.5 Å². The van der Waals surface area contributed by atoms with Gasteiger partial charge in [0.25, 0.3) is 0 Å². The first-order valence-corrected chi connectivity index (χ1v) is 6.34. The first-order chi connectivity index (χ1) is 9.10. The summed E-state index contributed by atoms with van der Waals surface area (Å²) in [6.45, 7) is 3.92. The molecule has 2 rings (SSSR count). The van der Waals surface area contributed by atoms with Crippen LogP contribution in [0.25, 0.3) is 11.1 Å². The molecule has 0 N–H and O–H groups in total. The number of hydrogen-bond acceptors (Lipinski definition) is 3. The summed E-state index contributed by atoms with van der Waals surface area (Å²) in [6, 6.07) is 7.19. The zero-order chi connectivity index (χ0) is 13.8. The maximum absolute atomic E-state index is 10.9. The second-order valence-corrected chi connectivity index (χ2v) is 4.84. The summed E-state index contributed by atoms with van der Waals surface area (Å²) in [4.78, 5) is 15.0. The SMILES string of the molecule is CC(C)Oc1cncc(-c2ccc(Cl)c(C=O)c2)c1. The first-order valence-electron chi connectivity index (χ1n) is 5.97. The lowest BCUT2D eigenvalue weighted by atomic mass is 10.1. The molecule has 1 aromatic heterocycles. The smallest absolute Gasteiger partial charge is 0.151 e. The number of aldehydes is 1. The van der Waals surface area contributed by atoms with Crippen molar-refractivity contribution in [3.8, 4) is 16.9 Å². The molecule has 0 bridgehead atoms. The summed E-state index contributed by atoms with van der Waals surface area (Å²) in [7, 11) is 0. The Morgan fingerprint density at radius 2 is 2.00 bits per heavy atom. The number of aromatic nitrogens is 1. The molecule has 0 fully saturated rings. The van der Waals surface area contributed by atoms with E-state index in [1.807, 2.05) is 26.0 Å². The fraction of sp³-hybridized carbons (Fsp3) is 0.200. The van der Waals surface area contributed by atoms with Gasteiger partial charge in [0.05, 0.1) is 17.3 Å². The molecule has 3 nitrogen and oxygen atoms in total. The van der Waals surface area contributed by atoms with Crippen molar-refractivity contribution in [1.29, 1.82) is 0 Å². The van der Waals surface area contributed by atoms with Gasteiger partial charge in [-0.05, 0) is 37.6 Å². The van der Waals surface area contributed by atoms with Crippen LogP contribution in [0, 0.1) is 0 Å². The van der Waals surface area contributed by atoms with E-state index in [1.165, 1.54) is 0 Å². The highest BCUT2D eigenvalue weighted by molar-refractivity contribution is 6.33. The van der Waals surface area contributed by atoms with Crippen molar-refractivity contribution in [1.82, 2.24) is 4.98 Å². The van der Waals surface area contributed by atoms with Crippen LogP contribution in [-0.4, -0.2) is 17.4 Å². The molecule has 1 heterocycles. The summed E-state index contributed by atoms with van der Waals surface area (Å²) in [5.74, 6) is 0.704. The topological polar surface area (TPSA) is 39.2 Å². The van der Waals surface area contributed by atoms with Gasteiger partial charge < -0.3 is 4.74 Å². The highest BCUT2D eigenvalue weighted by Crippen LogP contribution is 2.26. The second-order valence-electron chi connectivity index (χ2n) is 4.43. The van der Waals surface area contributed by atoms with E-state index in [0.29, 0.717) is 16.3 Å². The van der Waals surface area contributed by atoms with E-state index in [9.17, 15) is 4.79 Å². The molecule has 0 spiro atoms. The molecule has 98 valence electrons. The van der Waals surface area contributed by atoms with Crippen LogP contribution in [0.1, 0.15) is 24.2 Å². The molecule has 0 aliphatic heterocycles. The third-order valence-corrected chi connectivity index (χ3v) is 2.89. The molecule has 0 aliphatic carbocycles. The Labute approximate surface area is 117 Å². The summed E-state index contributed by atoms with van der Waals surface area (Å²) in [5.41, 5.74) is 2.24. The monoisotopic (exact) mass is 275 g/mol. The quantitative estimate of drug-likeness (QED) is 0.792. The van der Waals surface area contributed by atoms with Gasteiger partial charge in [-0.3, -0.25) is 9.78 Å². The Kier molecular flexibility index (Phi) is 4.17. The lowest BCUT2D eigenvalue weighted by Crippen LogP contribution is -2.05. The number of ether oxygens (including phenoxy) is 1. The third-order valence-electron chi connectivity index (χ3n) is 2.54. The van der Waals surface area contributed by atoms with Gasteiger partial charge in [0, 0.05) is 17.3 Å². The van der Waals surface area contributed by atoms with Crippen LogP contribution in [0.15, 0.2) is 36.7 Å². The predicted octanol–water partition coefficient (Wildman–Crippen LogP) is 4.00. The second kappa shape index (κ2) is 5.85. The van der Waals surface area contributed by atoms with Gasteiger partial charge >= 0.3 is 0 Å². The van der Waals surface area contributed by atoms with E-state index in [0.717, 1.165) is 17.4 Å². The average molecular weight is 276 g/mol. The van der Waals surface area contributed by atoms with Crippen molar-refractivity contribution in [2.24, 2.45) is 0 Å². The number of carbonyl (C=O) groups excluding carboxylic acids is 1. The number of carbonyl (C=O) groups is 1. The van der Waals surface area contributed by atoms with Crippen LogP contribution in [0.5, 0.6) is 5.75 Å². The summed E-state index contributed by atoms with van der Waals surface area (Å²) in [5, 5.41) is 0.446. The molecule has 0 aliphatic rings. The zero-order valence-corrected chi connectivity index (χ0v) is 11.5. The molecular formula is C15H14ClNO2. The van der Waals surface area contributed by atoms with Gasteiger partial charge in [-0.1, -0.05) is 17.7 Å². The van der Waals surface area contributed by atoms with Crippen LogP contribution in [0.2, 0.25) is 5.02 Å². The number of nitrogens with zero attached hydrogens (tertiary/aromatic N) is 1. The van der Waals surface area contributed by atoms with E-state index in [4.69, 9.17) is 16.3 Å². The maximum atomic E-state index is 10.9. The van der Waals surface area contributed by atoms with Crippen LogP contribution >= 0.6 is 11.6 Å². The standard InChI is InChI=1S/C15H14ClNO2/c1-10(2)19-14-6-12(7-17-8-14)11-3-4-15(16)13(5-11)9-18/h3-10H,1-2H3. The number of hydrogen-bond donors (Lipinski definition) is 0. The average Bonchev–Trinajstić information content (AvgIpc) is 2.39. The normalized spacial score (nSPS) is 10.5. The first kappa shape index (κ1) is 13.6. The lowest BCUT2D eigenvalue weighted by Gasteiger charge is -2.10. The van der Waals surface area contributed by atoms with Crippen molar-refractivity contribution in [3.05, 3.63) is 47.2 Å². The van der Waals surface area contributed by atoms with Crippen molar-refractivity contribution in [3.63, 3.8) is 0 Å². The fourth-order valence-electron chi connectivity index (χ4n) is 1.73.